The van der Waals surface area contributed by atoms with E-state index in [0.29, 0.717) is 63.2 Å². The summed E-state index contributed by atoms with van der Waals surface area (Å²) in [6, 6.07) is 59.4. The quantitative estimate of drug-likeness (QED) is 0.0626. The molecule has 2 aliphatic heterocycles. The number of nitrogens with zero attached hydrogens (tertiary/aromatic N) is 2. The molecule has 2 atom stereocenters. The van der Waals surface area contributed by atoms with Crippen LogP contribution in [0.2, 0.25) is 0 Å². The topological polar surface area (TPSA) is 148 Å². The molecule has 0 fully saturated rings. The van der Waals surface area contributed by atoms with Gasteiger partial charge in [0.2, 0.25) is 11.1 Å². The van der Waals surface area contributed by atoms with Gasteiger partial charge in [-0.3, -0.25) is 24.0 Å². The summed E-state index contributed by atoms with van der Waals surface area (Å²) in [7, 11) is 0. The molecule has 11 heteroatoms. The number of ketones is 2. The van der Waals surface area contributed by atoms with Gasteiger partial charge in [-0.15, -0.1) is 0 Å². The maximum absolute atomic E-state index is 15.3. The Labute approximate surface area is 465 Å². The molecule has 11 nitrogen and oxygen atoms in total. The summed E-state index contributed by atoms with van der Waals surface area (Å²) in [4.78, 5) is 72.4. The van der Waals surface area contributed by atoms with E-state index in [-0.39, 0.29) is 58.9 Å². The molecule has 2 heterocycles. The molecule has 8 aromatic rings. The van der Waals surface area contributed by atoms with Crippen LogP contribution in [0.15, 0.2) is 200 Å². The molecule has 1 aliphatic carbocycles. The minimum Gasteiger partial charge on any atom is -0.506 e. The number of hydrogen-bond donors (Lipinski definition) is 4. The normalized spacial score (nSPS) is 17.3. The highest BCUT2D eigenvalue weighted by atomic mass is 16.3. The summed E-state index contributed by atoms with van der Waals surface area (Å²) < 4.78 is 2.27. The van der Waals surface area contributed by atoms with Gasteiger partial charge in [-0.25, -0.2) is 4.58 Å². The van der Waals surface area contributed by atoms with Gasteiger partial charge in [0.05, 0.1) is 27.9 Å². The highest BCUT2D eigenvalue weighted by Gasteiger charge is 2.47. The molecule has 2 unspecified atom stereocenters. The van der Waals surface area contributed by atoms with Gasteiger partial charge in [0.1, 0.15) is 5.76 Å². The molecule has 0 radical (unpaired) electrons. The number of fused-ring (bicyclic) bond motifs is 2. The summed E-state index contributed by atoms with van der Waals surface area (Å²) in [6.07, 6.45) is 0.260. The van der Waals surface area contributed by atoms with E-state index in [1.807, 2.05) is 121 Å². The SMILES string of the molecule is CC1N(Cc2cccc(CC(=O)c3ccccc3)c2)c2cc(NC(=O)c3ccccc3)c(C3=C(O)C(=c4cc5c(cc4NC(=O)c4ccccc4)=[N+](Cc4cccc(NC(=O)c6ccccc6)c4)C(C)C5(C)C)C3=O)cc2C1(C)C. The number of rotatable bonds is 14. The first kappa shape index (κ1) is 52.6. The molecule has 0 saturated carbocycles. The van der Waals surface area contributed by atoms with Crippen LogP contribution in [-0.4, -0.2) is 46.5 Å². The van der Waals surface area contributed by atoms with E-state index in [1.54, 1.807) is 60.7 Å². The van der Waals surface area contributed by atoms with Crippen LogP contribution in [0.5, 0.6) is 0 Å². The average Bonchev–Trinajstić information content (AvgIpc) is 4.00. The van der Waals surface area contributed by atoms with Gasteiger partial charge in [-0.05, 0) is 111 Å². The Balaban J connectivity index is 1.02. The highest BCUT2D eigenvalue weighted by molar-refractivity contribution is 6.52. The Morgan fingerprint density at radius 1 is 0.537 bits per heavy atom. The van der Waals surface area contributed by atoms with Gasteiger partial charge < -0.3 is 26.0 Å². The number of amides is 3. The van der Waals surface area contributed by atoms with Crippen LogP contribution in [-0.2, 0) is 35.1 Å². The molecule has 0 spiro atoms. The van der Waals surface area contributed by atoms with Gasteiger partial charge in [0.25, 0.3) is 17.7 Å². The van der Waals surface area contributed by atoms with Crippen LogP contribution in [0, 0.1) is 0 Å². The molecule has 4 N–H and O–H groups in total. The molecule has 0 saturated heterocycles. The lowest BCUT2D eigenvalue weighted by Crippen LogP contribution is -2.38. The first-order valence-electron chi connectivity index (χ1n) is 27.1. The van der Waals surface area contributed by atoms with E-state index < -0.39 is 16.6 Å². The van der Waals surface area contributed by atoms with E-state index in [4.69, 9.17) is 0 Å². The molecule has 80 heavy (non-hydrogen) atoms. The zero-order valence-corrected chi connectivity index (χ0v) is 45.6. The summed E-state index contributed by atoms with van der Waals surface area (Å²) in [5.74, 6) is -1.64. The van der Waals surface area contributed by atoms with Crippen molar-refractivity contribution in [2.24, 2.45) is 0 Å². The number of hydrogen-bond acceptors (Lipinski definition) is 7. The van der Waals surface area contributed by atoms with Crippen molar-refractivity contribution in [1.82, 2.24) is 4.58 Å². The zero-order valence-electron chi connectivity index (χ0n) is 45.6. The summed E-state index contributed by atoms with van der Waals surface area (Å²) in [6.45, 7) is 13.9. The van der Waals surface area contributed by atoms with Crippen molar-refractivity contribution >= 4 is 63.2 Å². The monoisotopic (exact) mass is 1060 g/mol. The second-order valence-electron chi connectivity index (χ2n) is 22.3. The summed E-state index contributed by atoms with van der Waals surface area (Å²) in [5, 5.41) is 23.1. The number of aliphatic hydroxyl groups excluding tert-OH is 1. The molecular weight excluding hydrogens is 995 g/mol. The van der Waals surface area contributed by atoms with Crippen molar-refractivity contribution in [1.29, 1.82) is 0 Å². The van der Waals surface area contributed by atoms with Crippen molar-refractivity contribution in [2.75, 3.05) is 20.9 Å². The molecule has 0 aromatic heterocycles. The predicted molar refractivity (Wildman–Crippen MR) is 317 cm³/mol. The number of carbonyl (C=O) groups excluding carboxylic acids is 5. The molecular formula is C69H62N5O6+. The number of benzene rings is 8. The molecule has 3 aliphatic rings. The molecule has 0 bridgehead atoms. The highest BCUT2D eigenvalue weighted by Crippen LogP contribution is 2.51. The van der Waals surface area contributed by atoms with Crippen LogP contribution < -0.4 is 36.0 Å². The van der Waals surface area contributed by atoms with E-state index in [2.05, 4.69) is 79.1 Å². The van der Waals surface area contributed by atoms with E-state index in [9.17, 15) is 24.3 Å². The van der Waals surface area contributed by atoms with Gasteiger partial charge in [-0.1, -0.05) is 135 Å². The lowest BCUT2D eigenvalue weighted by molar-refractivity contribution is -0.109. The smallest absolute Gasteiger partial charge is 0.255 e. The fourth-order valence-corrected chi connectivity index (χ4v) is 11.5. The Hall–Kier alpha value is -9.48. The maximum atomic E-state index is 15.3. The van der Waals surface area contributed by atoms with E-state index in [0.717, 1.165) is 38.9 Å². The molecule has 3 amide bonds. The lowest BCUT2D eigenvalue weighted by atomic mass is 9.76. The van der Waals surface area contributed by atoms with Gasteiger partial charge >= 0.3 is 0 Å². The number of Topliss-reactive ketones (excluding diaryl/α,β-unsaturated/α-hetero) is 2. The van der Waals surface area contributed by atoms with Gasteiger partial charge in [0.15, 0.2) is 18.4 Å². The number of allylic oxidation sites excluding steroid dienone is 2. The minimum atomic E-state index is -0.482. The van der Waals surface area contributed by atoms with Crippen molar-refractivity contribution in [3.8, 4) is 0 Å². The Bertz CT molecular complexity index is 3980. The van der Waals surface area contributed by atoms with Crippen LogP contribution in [0.1, 0.15) is 116 Å². The molecule has 398 valence electrons. The third kappa shape index (κ3) is 9.80. The number of aliphatic hydroxyl groups is 1. The van der Waals surface area contributed by atoms with Crippen molar-refractivity contribution in [3.63, 3.8) is 0 Å². The minimum absolute atomic E-state index is 0.0371. The second-order valence-corrected chi connectivity index (χ2v) is 22.3. The van der Waals surface area contributed by atoms with Crippen molar-refractivity contribution < 1.29 is 29.1 Å². The molecule has 11 rings (SSSR count). The standard InChI is InChI=1S/C69H61N5O6/c1-42-68(3,4)54-36-52(56(71-66(79)49-28-15-9-16-29-49)38-58(54)73(42)40-45-22-19-21-44(33-45)35-60(75)47-24-11-7-12-25-47)61-63(76)62(64(61)77)53-37-55-59(39-57(53)72-67(80)50-30-17-10-18-31-50)74(43(2)69(55,5)6)41-46-23-20-32-51(34-46)70-65(78)48-26-13-8-14-27-48/h7-34,36-39,42-43H,35,40-41H2,1-6H3,(H3,70,71,72,76,77,78,79,80)/p+1. The fraction of sp³-hybridized carbons (Fsp3) is 0.188. The average molecular weight is 1060 g/mol. The van der Waals surface area contributed by atoms with Crippen LogP contribution >= 0.6 is 0 Å². The second kappa shape index (κ2) is 21.1. The Morgan fingerprint density at radius 2 is 1.07 bits per heavy atom. The first-order chi connectivity index (χ1) is 38.5. The largest absolute Gasteiger partial charge is 0.506 e. The van der Waals surface area contributed by atoms with Crippen molar-refractivity contribution in [3.05, 3.63) is 266 Å². The number of carbonyl (C=O) groups is 5. The third-order valence-electron chi connectivity index (χ3n) is 16.7. The summed E-state index contributed by atoms with van der Waals surface area (Å²) in [5.41, 5.74) is 8.51. The zero-order chi connectivity index (χ0) is 56.0. The maximum Gasteiger partial charge on any atom is 0.255 e. The fourth-order valence-electron chi connectivity index (χ4n) is 11.5. The molecule has 8 aromatic carbocycles. The van der Waals surface area contributed by atoms with E-state index >= 15 is 4.79 Å². The first-order valence-corrected chi connectivity index (χ1v) is 27.1. The van der Waals surface area contributed by atoms with Crippen molar-refractivity contribution in [2.45, 2.75) is 84.0 Å². The van der Waals surface area contributed by atoms with Gasteiger partial charge in [-0.2, -0.15) is 0 Å². The lowest BCUT2D eigenvalue weighted by Gasteiger charge is -2.31. The van der Waals surface area contributed by atoms with E-state index in [1.165, 1.54) is 0 Å². The van der Waals surface area contributed by atoms with Gasteiger partial charge in [0, 0.05) is 86.0 Å². The number of anilines is 4. The van der Waals surface area contributed by atoms with Crippen LogP contribution in [0.25, 0.3) is 11.1 Å². The third-order valence-corrected chi connectivity index (χ3v) is 16.7. The summed E-state index contributed by atoms with van der Waals surface area (Å²) >= 11 is 0. The van der Waals surface area contributed by atoms with Crippen LogP contribution in [0.3, 0.4) is 0 Å². The Morgan fingerprint density at radius 3 is 1.68 bits per heavy atom. The predicted octanol–water partition coefficient (Wildman–Crippen LogP) is 11.6. The van der Waals surface area contributed by atoms with Crippen LogP contribution in [0.4, 0.5) is 22.7 Å². The number of nitrogens with one attached hydrogen (secondary N) is 3. The Kier molecular flexibility index (Phi) is 13.8.